The Bertz CT molecular complexity index is 662. The number of carbonyl (C=O) groups excluding carboxylic acids is 2. The van der Waals surface area contributed by atoms with E-state index in [9.17, 15) is 9.59 Å². The van der Waals surface area contributed by atoms with Crippen molar-refractivity contribution in [1.29, 1.82) is 0 Å². The van der Waals surface area contributed by atoms with E-state index in [2.05, 4.69) is 20.6 Å². The number of imidazole rings is 1. The van der Waals surface area contributed by atoms with Crippen molar-refractivity contribution in [1.82, 2.24) is 25.2 Å². The number of amides is 2. The van der Waals surface area contributed by atoms with Gasteiger partial charge in [0.1, 0.15) is 17.2 Å². The van der Waals surface area contributed by atoms with Gasteiger partial charge in [-0.25, -0.2) is 9.97 Å². The highest BCUT2D eigenvalue weighted by atomic mass is 32.1. The first-order valence-electron chi connectivity index (χ1n) is 6.19. The molecule has 3 rings (SSSR count). The summed E-state index contributed by atoms with van der Waals surface area (Å²) in [4.78, 5) is 32.3. The van der Waals surface area contributed by atoms with Crippen LogP contribution < -0.4 is 10.6 Å². The van der Waals surface area contributed by atoms with Gasteiger partial charge in [-0.2, -0.15) is 0 Å². The van der Waals surface area contributed by atoms with Gasteiger partial charge >= 0.3 is 0 Å². The Balaban J connectivity index is 1.73. The third kappa shape index (κ3) is 2.42. The number of hydrogen-bond acceptors (Lipinski definition) is 5. The quantitative estimate of drug-likeness (QED) is 0.848. The first-order valence-corrected chi connectivity index (χ1v) is 7.00. The van der Waals surface area contributed by atoms with Crippen LogP contribution in [0.4, 0.5) is 0 Å². The van der Waals surface area contributed by atoms with Crippen molar-refractivity contribution in [3.8, 4) is 5.13 Å². The molecule has 0 spiro atoms. The summed E-state index contributed by atoms with van der Waals surface area (Å²) in [5.74, 6) is -0.402. The molecule has 0 bridgehead atoms. The van der Waals surface area contributed by atoms with Crippen molar-refractivity contribution < 1.29 is 9.59 Å². The number of thiazole rings is 1. The lowest BCUT2D eigenvalue weighted by atomic mass is 10.2. The molecule has 0 radical (unpaired) electrons. The second-order valence-electron chi connectivity index (χ2n) is 4.54. The van der Waals surface area contributed by atoms with Crippen LogP contribution in [-0.2, 0) is 4.79 Å². The standard InChI is InChI=1S/C12H13N5O2S/c1-7-5-17(6-15-7)12-14-4-9(20-12)11(19)16-8-2-3-13-10(8)18/h4-6,8H,2-3H2,1H3,(H,13,18)(H,16,19)/t8-/m0/s1. The second kappa shape index (κ2) is 5.04. The summed E-state index contributed by atoms with van der Waals surface area (Å²) in [6.07, 6.45) is 5.62. The Hall–Kier alpha value is -2.22. The molecule has 1 aliphatic rings. The van der Waals surface area contributed by atoms with Gasteiger partial charge in [-0.15, -0.1) is 0 Å². The van der Waals surface area contributed by atoms with Crippen LogP contribution >= 0.6 is 11.3 Å². The van der Waals surface area contributed by atoms with Gasteiger partial charge in [-0.3, -0.25) is 14.2 Å². The molecule has 0 aromatic carbocycles. The fourth-order valence-electron chi connectivity index (χ4n) is 1.98. The van der Waals surface area contributed by atoms with Gasteiger partial charge in [0.15, 0.2) is 5.13 Å². The molecule has 20 heavy (non-hydrogen) atoms. The number of nitrogens with zero attached hydrogens (tertiary/aromatic N) is 3. The third-order valence-corrected chi connectivity index (χ3v) is 4.01. The van der Waals surface area contributed by atoms with E-state index >= 15 is 0 Å². The molecule has 2 aromatic heterocycles. The van der Waals surface area contributed by atoms with Crippen LogP contribution in [0.1, 0.15) is 21.8 Å². The van der Waals surface area contributed by atoms with Crippen molar-refractivity contribution in [3.05, 3.63) is 29.3 Å². The van der Waals surface area contributed by atoms with E-state index in [1.807, 2.05) is 13.1 Å². The van der Waals surface area contributed by atoms with E-state index in [0.29, 0.717) is 23.0 Å². The van der Waals surface area contributed by atoms with Gasteiger partial charge in [0, 0.05) is 12.7 Å². The summed E-state index contributed by atoms with van der Waals surface area (Å²) in [5, 5.41) is 6.06. The minimum atomic E-state index is -0.441. The summed E-state index contributed by atoms with van der Waals surface area (Å²) in [6.45, 7) is 2.49. The normalized spacial score (nSPS) is 18.1. The first kappa shape index (κ1) is 12.8. The van der Waals surface area contributed by atoms with E-state index < -0.39 is 6.04 Å². The minimum absolute atomic E-state index is 0.131. The molecule has 3 heterocycles. The van der Waals surface area contributed by atoms with Crippen molar-refractivity contribution in [2.24, 2.45) is 0 Å². The maximum atomic E-state index is 12.1. The lowest BCUT2D eigenvalue weighted by Gasteiger charge is -2.07. The molecule has 104 valence electrons. The van der Waals surface area contributed by atoms with Crippen molar-refractivity contribution in [2.45, 2.75) is 19.4 Å². The predicted octanol–water partition coefficient (Wildman–Crippen LogP) is 0.256. The van der Waals surface area contributed by atoms with Gasteiger partial charge in [0.05, 0.1) is 11.9 Å². The maximum absolute atomic E-state index is 12.1. The Kier molecular flexibility index (Phi) is 3.23. The van der Waals surface area contributed by atoms with Crippen LogP contribution in [0.5, 0.6) is 0 Å². The molecule has 8 heteroatoms. The van der Waals surface area contributed by atoms with Crippen LogP contribution in [-0.4, -0.2) is 38.9 Å². The summed E-state index contributed by atoms with van der Waals surface area (Å²) in [6, 6.07) is -0.441. The molecule has 0 unspecified atom stereocenters. The highest BCUT2D eigenvalue weighted by Crippen LogP contribution is 2.18. The molecule has 1 aliphatic heterocycles. The van der Waals surface area contributed by atoms with Gasteiger partial charge < -0.3 is 10.6 Å². The predicted molar refractivity (Wildman–Crippen MR) is 72.9 cm³/mol. The number of hydrogen-bond donors (Lipinski definition) is 2. The van der Waals surface area contributed by atoms with E-state index in [-0.39, 0.29) is 11.8 Å². The Morgan fingerprint density at radius 1 is 1.55 bits per heavy atom. The topological polar surface area (TPSA) is 88.9 Å². The van der Waals surface area contributed by atoms with Gasteiger partial charge in [0.2, 0.25) is 5.91 Å². The van der Waals surface area contributed by atoms with Crippen molar-refractivity contribution in [3.63, 3.8) is 0 Å². The zero-order chi connectivity index (χ0) is 14.1. The lowest BCUT2D eigenvalue weighted by Crippen LogP contribution is -2.39. The lowest BCUT2D eigenvalue weighted by molar-refractivity contribution is -0.120. The Morgan fingerprint density at radius 2 is 2.40 bits per heavy atom. The van der Waals surface area contributed by atoms with Gasteiger partial charge in [-0.1, -0.05) is 11.3 Å². The highest BCUT2D eigenvalue weighted by molar-refractivity contribution is 7.16. The summed E-state index contributed by atoms with van der Waals surface area (Å²) >= 11 is 1.26. The van der Waals surface area contributed by atoms with E-state index in [4.69, 9.17) is 0 Å². The molecule has 1 saturated heterocycles. The molecule has 2 aromatic rings. The molecule has 0 saturated carbocycles. The monoisotopic (exact) mass is 291 g/mol. The molecule has 0 aliphatic carbocycles. The van der Waals surface area contributed by atoms with Crippen LogP contribution in [0.3, 0.4) is 0 Å². The molecule has 2 N–H and O–H groups in total. The molecule has 7 nitrogen and oxygen atoms in total. The average molecular weight is 291 g/mol. The average Bonchev–Trinajstić information content (AvgIpc) is 3.11. The first-order chi connectivity index (χ1) is 9.63. The van der Waals surface area contributed by atoms with Gasteiger partial charge in [-0.05, 0) is 13.3 Å². The van der Waals surface area contributed by atoms with E-state index in [1.165, 1.54) is 17.5 Å². The van der Waals surface area contributed by atoms with Crippen LogP contribution in [0.2, 0.25) is 0 Å². The number of nitrogens with one attached hydrogen (secondary N) is 2. The highest BCUT2D eigenvalue weighted by Gasteiger charge is 2.26. The molecule has 1 atom stereocenters. The Morgan fingerprint density at radius 3 is 3.05 bits per heavy atom. The minimum Gasteiger partial charge on any atom is -0.354 e. The maximum Gasteiger partial charge on any atom is 0.263 e. The largest absolute Gasteiger partial charge is 0.354 e. The number of aryl methyl sites for hydroxylation is 1. The van der Waals surface area contributed by atoms with Crippen molar-refractivity contribution >= 4 is 23.2 Å². The summed E-state index contributed by atoms with van der Waals surface area (Å²) in [5.41, 5.74) is 0.883. The van der Waals surface area contributed by atoms with Gasteiger partial charge in [0.25, 0.3) is 5.91 Å². The number of carbonyl (C=O) groups is 2. The number of rotatable bonds is 3. The fraction of sp³-hybridized carbons (Fsp3) is 0.333. The van der Waals surface area contributed by atoms with Crippen LogP contribution in [0.25, 0.3) is 5.13 Å². The summed E-state index contributed by atoms with van der Waals surface area (Å²) in [7, 11) is 0. The third-order valence-electron chi connectivity index (χ3n) is 3.00. The molecular formula is C12H13N5O2S. The zero-order valence-electron chi connectivity index (χ0n) is 10.8. The second-order valence-corrected chi connectivity index (χ2v) is 5.54. The van der Waals surface area contributed by atoms with E-state index in [1.54, 1.807) is 10.9 Å². The zero-order valence-corrected chi connectivity index (χ0v) is 11.6. The molecule has 1 fully saturated rings. The smallest absolute Gasteiger partial charge is 0.263 e. The van der Waals surface area contributed by atoms with Crippen LogP contribution in [0.15, 0.2) is 18.7 Å². The molecular weight excluding hydrogens is 278 g/mol. The molecule has 2 amide bonds. The van der Waals surface area contributed by atoms with Crippen molar-refractivity contribution in [2.75, 3.05) is 6.54 Å². The number of aromatic nitrogens is 3. The Labute approximate surface area is 119 Å². The SMILES string of the molecule is Cc1cn(-c2ncc(C(=O)N[C@H]3CCNC3=O)s2)cn1. The fourth-order valence-corrected chi connectivity index (χ4v) is 2.74. The van der Waals surface area contributed by atoms with Crippen LogP contribution in [0, 0.1) is 6.92 Å². The van der Waals surface area contributed by atoms with E-state index in [0.717, 1.165) is 5.69 Å². The summed E-state index contributed by atoms with van der Waals surface area (Å²) < 4.78 is 1.76.